The van der Waals surface area contributed by atoms with Crippen LogP contribution in [-0.4, -0.2) is 64.5 Å². The standard InChI is InChI=1S/C25H36BN2O7/c1-17(2)12-22-23(29)14-19(25(31)32-3)15-33-10-4-5-11-34-20-8-6-18(7-9-20)13-21(24(30)28-22)26-35-16-27/h6-9,16-17,19,21-22,27H,4-5,10-15H2,1-3H3,(H,28,30)/t19-,21-,22-/m0/s1. The van der Waals surface area contributed by atoms with Crippen LogP contribution in [0.4, 0.5) is 0 Å². The second kappa shape index (κ2) is 15.2. The highest BCUT2D eigenvalue weighted by Crippen LogP contribution is 2.20. The third kappa shape index (κ3) is 10.1. The molecule has 0 aromatic heterocycles. The number of carbonyl (C=O) groups is 3. The number of methoxy groups -OCH3 is 1. The van der Waals surface area contributed by atoms with Crippen molar-refractivity contribution in [3.63, 3.8) is 0 Å². The number of hydrogen-bond donors (Lipinski definition) is 2. The molecule has 2 heterocycles. The van der Waals surface area contributed by atoms with Gasteiger partial charge in [0.1, 0.15) is 12.2 Å². The molecule has 0 saturated heterocycles. The van der Waals surface area contributed by atoms with E-state index in [4.69, 9.17) is 24.3 Å². The number of ketones is 1. The number of benzene rings is 1. The molecule has 2 bridgehead atoms. The smallest absolute Gasteiger partial charge is 0.384 e. The average molecular weight is 487 g/mol. The van der Waals surface area contributed by atoms with Crippen LogP contribution in [0.15, 0.2) is 24.3 Å². The van der Waals surface area contributed by atoms with Crippen molar-refractivity contribution in [2.24, 2.45) is 11.8 Å². The van der Waals surface area contributed by atoms with Crippen molar-refractivity contribution in [1.29, 1.82) is 5.41 Å². The van der Waals surface area contributed by atoms with Gasteiger partial charge in [0.05, 0.1) is 38.1 Å². The third-order valence-electron chi connectivity index (χ3n) is 5.69. The van der Waals surface area contributed by atoms with E-state index in [1.807, 2.05) is 38.1 Å². The Labute approximate surface area is 208 Å². The van der Waals surface area contributed by atoms with Crippen LogP contribution in [0.25, 0.3) is 0 Å². The molecule has 0 fully saturated rings. The summed E-state index contributed by atoms with van der Waals surface area (Å²) in [4.78, 5) is 38.7. The molecular weight excluding hydrogens is 451 g/mol. The van der Waals surface area contributed by atoms with Crippen LogP contribution in [0.2, 0.25) is 5.82 Å². The van der Waals surface area contributed by atoms with Gasteiger partial charge in [-0.1, -0.05) is 26.0 Å². The summed E-state index contributed by atoms with van der Waals surface area (Å²) in [5.74, 6) is -1.80. The number of amides is 1. The van der Waals surface area contributed by atoms with Gasteiger partial charge in [-0.25, -0.2) is 0 Å². The van der Waals surface area contributed by atoms with Crippen molar-refractivity contribution in [2.75, 3.05) is 26.9 Å². The predicted molar refractivity (Wildman–Crippen MR) is 132 cm³/mol. The zero-order valence-corrected chi connectivity index (χ0v) is 20.8. The summed E-state index contributed by atoms with van der Waals surface area (Å²) in [6, 6.07) is 6.67. The largest absolute Gasteiger partial charge is 0.555 e. The molecule has 0 saturated carbocycles. The highest BCUT2D eigenvalue weighted by molar-refractivity contribution is 6.39. The summed E-state index contributed by atoms with van der Waals surface area (Å²) >= 11 is 0. The zero-order chi connectivity index (χ0) is 25.6. The molecular formula is C25H36BN2O7. The lowest BCUT2D eigenvalue weighted by atomic mass is 9.75. The van der Waals surface area contributed by atoms with Gasteiger partial charge in [0.25, 0.3) is 0 Å². The first-order chi connectivity index (χ1) is 16.8. The van der Waals surface area contributed by atoms with Gasteiger partial charge in [0.2, 0.25) is 5.91 Å². The molecule has 2 aliphatic heterocycles. The lowest BCUT2D eigenvalue weighted by Gasteiger charge is -2.24. The van der Waals surface area contributed by atoms with E-state index in [1.54, 1.807) is 0 Å². The lowest BCUT2D eigenvalue weighted by Crippen LogP contribution is -2.45. The van der Waals surface area contributed by atoms with Crippen molar-refractivity contribution in [1.82, 2.24) is 5.32 Å². The molecule has 1 aromatic carbocycles. The number of rotatable bonds is 6. The van der Waals surface area contributed by atoms with Gasteiger partial charge >= 0.3 is 13.5 Å². The number of fused-ring (bicyclic) bond motifs is 16. The van der Waals surface area contributed by atoms with Crippen molar-refractivity contribution < 1.29 is 33.2 Å². The van der Waals surface area contributed by atoms with Crippen LogP contribution < -0.4 is 10.1 Å². The van der Waals surface area contributed by atoms with E-state index in [0.717, 1.165) is 30.6 Å². The quantitative estimate of drug-likeness (QED) is 0.274. The Morgan fingerprint density at radius 1 is 1.20 bits per heavy atom. The van der Waals surface area contributed by atoms with Gasteiger partial charge < -0.3 is 24.2 Å². The first-order valence-electron chi connectivity index (χ1n) is 12.0. The summed E-state index contributed by atoms with van der Waals surface area (Å²) in [6.45, 7) is 4.93. The molecule has 1 amide bonds. The van der Waals surface area contributed by atoms with E-state index in [0.29, 0.717) is 26.1 Å². The highest BCUT2D eigenvalue weighted by Gasteiger charge is 2.31. The van der Waals surface area contributed by atoms with Gasteiger partial charge in [-0.15, -0.1) is 0 Å². The maximum Gasteiger partial charge on any atom is 0.384 e. The molecule has 1 aromatic rings. The van der Waals surface area contributed by atoms with Crippen LogP contribution in [0, 0.1) is 17.2 Å². The number of esters is 1. The Kier molecular flexibility index (Phi) is 12.3. The first-order valence-corrected chi connectivity index (χ1v) is 12.0. The summed E-state index contributed by atoms with van der Waals surface area (Å²) in [5, 5.41) is 10.0. The molecule has 2 N–H and O–H groups in total. The van der Waals surface area contributed by atoms with E-state index < -0.39 is 29.7 Å². The lowest BCUT2D eigenvalue weighted by molar-refractivity contribution is -0.149. The van der Waals surface area contributed by atoms with Crippen molar-refractivity contribution >= 4 is 31.5 Å². The molecule has 191 valence electrons. The van der Waals surface area contributed by atoms with E-state index in [-0.39, 0.29) is 24.7 Å². The Bertz CT molecular complexity index is 832. The number of carbonyl (C=O) groups excluding carboxylic acids is 3. The maximum absolute atomic E-state index is 13.2. The number of ether oxygens (including phenoxy) is 3. The minimum absolute atomic E-state index is 0.0619. The molecule has 0 aliphatic carbocycles. The van der Waals surface area contributed by atoms with E-state index >= 15 is 0 Å². The zero-order valence-electron chi connectivity index (χ0n) is 20.8. The Balaban J connectivity index is 2.28. The van der Waals surface area contributed by atoms with E-state index in [1.165, 1.54) is 14.6 Å². The molecule has 0 unspecified atom stereocenters. The topological polar surface area (TPSA) is 124 Å². The van der Waals surface area contributed by atoms with Crippen LogP contribution in [0.3, 0.4) is 0 Å². The minimum atomic E-state index is -0.775. The highest BCUT2D eigenvalue weighted by atomic mass is 16.5. The molecule has 10 heteroatoms. The van der Waals surface area contributed by atoms with Crippen LogP contribution in [0.5, 0.6) is 5.75 Å². The van der Waals surface area contributed by atoms with Crippen molar-refractivity contribution in [3.8, 4) is 5.75 Å². The van der Waals surface area contributed by atoms with E-state index in [9.17, 15) is 14.4 Å². The average Bonchev–Trinajstić information content (AvgIpc) is 2.84. The summed E-state index contributed by atoms with van der Waals surface area (Å²) in [7, 11) is 2.57. The fraction of sp³-hybridized carbons (Fsp3) is 0.600. The molecule has 0 spiro atoms. The predicted octanol–water partition coefficient (Wildman–Crippen LogP) is 2.73. The normalized spacial score (nSPS) is 22.7. The number of nitrogens with one attached hydrogen (secondary N) is 2. The van der Waals surface area contributed by atoms with Gasteiger partial charge in [-0.3, -0.25) is 19.8 Å². The van der Waals surface area contributed by atoms with Crippen LogP contribution in [-0.2, 0) is 34.9 Å². The second-order valence-electron chi connectivity index (χ2n) is 9.06. The van der Waals surface area contributed by atoms with Crippen LogP contribution >= 0.6 is 0 Å². The van der Waals surface area contributed by atoms with Gasteiger partial charge in [0.15, 0.2) is 5.78 Å². The molecule has 2 aliphatic rings. The van der Waals surface area contributed by atoms with Crippen molar-refractivity contribution in [2.45, 2.75) is 57.8 Å². The van der Waals surface area contributed by atoms with Gasteiger partial charge in [-0.2, -0.15) is 0 Å². The van der Waals surface area contributed by atoms with E-state index in [2.05, 4.69) is 5.32 Å². The first kappa shape index (κ1) is 28.4. The summed E-state index contributed by atoms with van der Waals surface area (Å²) in [5.41, 5.74) is 0.881. The number of Topliss-reactive ketones (excluding diaryl/α,β-unsaturated/α-hetero) is 1. The van der Waals surface area contributed by atoms with Gasteiger partial charge in [0, 0.05) is 13.0 Å². The summed E-state index contributed by atoms with van der Waals surface area (Å²) in [6.07, 6.45) is 2.91. The third-order valence-corrected chi connectivity index (χ3v) is 5.69. The summed E-state index contributed by atoms with van der Waals surface area (Å²) < 4.78 is 21.3. The fourth-order valence-corrected chi connectivity index (χ4v) is 3.82. The van der Waals surface area contributed by atoms with Gasteiger partial charge in [-0.05, 0) is 49.3 Å². The second-order valence-corrected chi connectivity index (χ2v) is 9.06. The SMILES string of the molecule is COC(=O)[C@@H]1COCCCCOc2ccc(cc2)C[C@H]([B]OC=N)C(=O)N[C@@H](CC(C)C)C(=O)C1. The monoisotopic (exact) mass is 487 g/mol. The molecule has 9 nitrogen and oxygen atoms in total. The van der Waals surface area contributed by atoms with Crippen LogP contribution in [0.1, 0.15) is 45.1 Å². The number of hydrogen-bond acceptors (Lipinski definition) is 8. The minimum Gasteiger partial charge on any atom is -0.555 e. The maximum atomic E-state index is 13.2. The Morgan fingerprint density at radius 3 is 2.57 bits per heavy atom. The molecule has 3 rings (SSSR count). The fourth-order valence-electron chi connectivity index (χ4n) is 3.82. The molecule has 35 heavy (non-hydrogen) atoms. The van der Waals surface area contributed by atoms with Crippen molar-refractivity contribution in [3.05, 3.63) is 29.8 Å². The molecule has 1 radical (unpaired) electrons. The Morgan fingerprint density at radius 2 is 1.91 bits per heavy atom. The Hall–Kier alpha value is -2.88. The molecule has 3 atom stereocenters.